The molecule has 1 heterocycles. The standard InChI is InChI=1S/C35H56N6O6.C3H8.C2H6/c1-6-19-35(8-3,24(4)5)27-22-31(44)41(33(27)46)21-11-9-10-14-29(42)38-23-30(43)40-28(13-12-20-37-34(36)47)32(45)39-26-17-15-25(7-2)16-18-26;1-3-2;1-2/h15-18,24,27-28H,6-14,19-23H2,1-5H3,(H,38,42)(H,39,45)(H,40,43)(H3,36,37,47);3H2,1-2H3;1-2H3. The maximum absolute atomic E-state index is 13.3. The molecule has 1 fully saturated rings. The van der Waals surface area contributed by atoms with E-state index in [9.17, 15) is 28.8 Å². The topological polar surface area (TPSA) is 180 Å². The van der Waals surface area contributed by atoms with Crippen molar-refractivity contribution in [3.63, 3.8) is 0 Å². The lowest BCUT2D eigenvalue weighted by Crippen LogP contribution is -2.47. The number of anilines is 1. The van der Waals surface area contributed by atoms with Crippen LogP contribution in [0.5, 0.6) is 0 Å². The second kappa shape index (κ2) is 26.8. The number of carbonyl (C=O) groups excluding carboxylic acids is 6. The molecule has 7 amide bonds. The minimum absolute atomic E-state index is 0.0618. The van der Waals surface area contributed by atoms with E-state index >= 15 is 0 Å². The van der Waals surface area contributed by atoms with E-state index in [1.165, 1.54) is 11.3 Å². The first-order valence-corrected chi connectivity index (χ1v) is 19.6. The molecular weight excluding hydrogens is 660 g/mol. The van der Waals surface area contributed by atoms with Gasteiger partial charge in [-0.25, -0.2) is 4.79 Å². The molecule has 3 atom stereocenters. The molecule has 0 radical (unpaired) electrons. The molecule has 6 N–H and O–H groups in total. The Labute approximate surface area is 313 Å². The molecule has 0 saturated carbocycles. The molecule has 2 rings (SSSR count). The Kier molecular flexibility index (Phi) is 24.7. The Morgan fingerprint density at radius 1 is 0.904 bits per heavy atom. The highest BCUT2D eigenvalue weighted by Gasteiger charge is 2.50. The third kappa shape index (κ3) is 16.6. The molecule has 0 aliphatic carbocycles. The van der Waals surface area contributed by atoms with E-state index in [4.69, 9.17) is 5.73 Å². The minimum Gasteiger partial charge on any atom is -0.352 e. The number of benzene rings is 1. The van der Waals surface area contributed by atoms with Crippen LogP contribution >= 0.6 is 0 Å². The number of hydrogen-bond donors (Lipinski definition) is 5. The lowest BCUT2D eigenvalue weighted by atomic mass is 9.63. The first kappa shape index (κ1) is 48.0. The van der Waals surface area contributed by atoms with Crippen molar-refractivity contribution in [1.82, 2.24) is 20.9 Å². The Morgan fingerprint density at radius 2 is 1.54 bits per heavy atom. The monoisotopic (exact) mass is 731 g/mol. The predicted octanol–water partition coefficient (Wildman–Crippen LogP) is 6.47. The molecule has 1 saturated heterocycles. The fourth-order valence-electron chi connectivity index (χ4n) is 6.61. The van der Waals surface area contributed by atoms with Crippen molar-refractivity contribution in [2.75, 3.05) is 25.0 Å². The summed E-state index contributed by atoms with van der Waals surface area (Å²) in [6.07, 6.45) is 7.77. The van der Waals surface area contributed by atoms with Crippen molar-refractivity contribution >= 4 is 41.3 Å². The zero-order valence-electron chi connectivity index (χ0n) is 33.6. The van der Waals surface area contributed by atoms with E-state index in [1.54, 1.807) is 12.1 Å². The average molecular weight is 731 g/mol. The lowest BCUT2D eigenvalue weighted by Gasteiger charge is -2.41. The van der Waals surface area contributed by atoms with Gasteiger partial charge in [0, 0.05) is 31.6 Å². The van der Waals surface area contributed by atoms with E-state index in [0.717, 1.165) is 31.2 Å². The number of amides is 7. The third-order valence-corrected chi connectivity index (χ3v) is 9.44. The van der Waals surface area contributed by atoms with Gasteiger partial charge in [0.2, 0.25) is 29.5 Å². The zero-order chi connectivity index (χ0) is 39.7. The van der Waals surface area contributed by atoms with E-state index in [1.807, 2.05) is 32.9 Å². The number of unbranched alkanes of at least 4 members (excludes halogenated alkanes) is 2. The van der Waals surface area contributed by atoms with Crippen LogP contribution in [0.2, 0.25) is 0 Å². The van der Waals surface area contributed by atoms with Gasteiger partial charge < -0.3 is 27.0 Å². The summed E-state index contributed by atoms with van der Waals surface area (Å²) in [6.45, 7) is 19.1. The van der Waals surface area contributed by atoms with E-state index < -0.39 is 23.9 Å². The van der Waals surface area contributed by atoms with Crippen LogP contribution in [0.25, 0.3) is 0 Å². The summed E-state index contributed by atoms with van der Waals surface area (Å²) in [6, 6.07) is 5.84. The van der Waals surface area contributed by atoms with Gasteiger partial charge in [0.15, 0.2) is 0 Å². The number of carbonyl (C=O) groups is 6. The summed E-state index contributed by atoms with van der Waals surface area (Å²) in [5.74, 6) is -1.38. The van der Waals surface area contributed by atoms with Crippen LogP contribution in [-0.4, -0.2) is 66.1 Å². The van der Waals surface area contributed by atoms with Crippen molar-refractivity contribution < 1.29 is 28.8 Å². The minimum atomic E-state index is -0.888. The van der Waals surface area contributed by atoms with Crippen LogP contribution in [0.4, 0.5) is 10.5 Å². The maximum Gasteiger partial charge on any atom is 0.312 e. The number of nitrogens with one attached hydrogen (secondary N) is 4. The number of urea groups is 1. The number of hydrogen-bond acceptors (Lipinski definition) is 6. The summed E-state index contributed by atoms with van der Waals surface area (Å²) in [7, 11) is 0. The number of imide groups is 1. The van der Waals surface area contributed by atoms with Crippen LogP contribution in [0, 0.1) is 17.3 Å². The number of likely N-dealkylation sites (tertiary alicyclic amines) is 1. The molecule has 1 aromatic carbocycles. The van der Waals surface area contributed by atoms with Crippen LogP contribution < -0.4 is 27.0 Å². The number of nitrogens with two attached hydrogens (primary N) is 1. The molecule has 1 aromatic rings. The predicted molar refractivity (Wildman–Crippen MR) is 209 cm³/mol. The van der Waals surface area contributed by atoms with Gasteiger partial charge in [0.25, 0.3) is 0 Å². The van der Waals surface area contributed by atoms with Gasteiger partial charge in [-0.15, -0.1) is 0 Å². The highest BCUT2D eigenvalue weighted by atomic mass is 16.2. The van der Waals surface area contributed by atoms with Crippen molar-refractivity contribution in [2.24, 2.45) is 23.0 Å². The summed E-state index contributed by atoms with van der Waals surface area (Å²) in [5.41, 5.74) is 6.65. The molecule has 12 nitrogen and oxygen atoms in total. The largest absolute Gasteiger partial charge is 0.352 e. The van der Waals surface area contributed by atoms with E-state index in [0.29, 0.717) is 43.8 Å². The zero-order valence-corrected chi connectivity index (χ0v) is 33.6. The van der Waals surface area contributed by atoms with E-state index in [2.05, 4.69) is 62.8 Å². The molecule has 1 aliphatic rings. The second-order valence-electron chi connectivity index (χ2n) is 13.5. The highest BCUT2D eigenvalue weighted by molar-refractivity contribution is 6.04. The summed E-state index contributed by atoms with van der Waals surface area (Å²) >= 11 is 0. The quantitative estimate of drug-likeness (QED) is 0.0715. The van der Waals surface area contributed by atoms with Crippen LogP contribution in [-0.2, 0) is 30.4 Å². The smallest absolute Gasteiger partial charge is 0.312 e. The Balaban J connectivity index is 0.00000493. The first-order valence-electron chi connectivity index (χ1n) is 19.6. The molecule has 3 unspecified atom stereocenters. The van der Waals surface area contributed by atoms with Crippen molar-refractivity contribution in [1.29, 1.82) is 0 Å². The SMILES string of the molecule is CC.CCC.CCCC(CC)(C(C)C)C1CC(=O)N(CCCCCC(=O)NCC(=O)NC(CCCNC(N)=O)C(=O)Nc2ccc(CC)cc2)C1=O. The molecule has 12 heteroatoms. The summed E-state index contributed by atoms with van der Waals surface area (Å²) in [4.78, 5) is 76.6. The number of nitrogens with zero attached hydrogens (tertiary/aromatic N) is 1. The number of primary amides is 1. The van der Waals surface area contributed by atoms with Crippen LogP contribution in [0.1, 0.15) is 139 Å². The van der Waals surface area contributed by atoms with Gasteiger partial charge in [0.05, 0.1) is 12.5 Å². The lowest BCUT2D eigenvalue weighted by molar-refractivity contribution is -0.141. The molecule has 52 heavy (non-hydrogen) atoms. The molecular formula is C40H70N6O6. The van der Waals surface area contributed by atoms with Crippen LogP contribution in [0.15, 0.2) is 24.3 Å². The Bertz CT molecular complexity index is 1240. The van der Waals surface area contributed by atoms with Crippen molar-refractivity contribution in [3.8, 4) is 0 Å². The maximum atomic E-state index is 13.3. The number of rotatable bonds is 21. The molecule has 0 bridgehead atoms. The fourth-order valence-corrected chi connectivity index (χ4v) is 6.61. The summed E-state index contributed by atoms with van der Waals surface area (Å²) < 4.78 is 0. The molecule has 0 spiro atoms. The Hall–Kier alpha value is -3.96. The number of aryl methyl sites for hydroxylation is 1. The highest BCUT2D eigenvalue weighted by Crippen LogP contribution is 2.48. The van der Waals surface area contributed by atoms with Gasteiger partial charge in [0.1, 0.15) is 6.04 Å². The normalized spacial score (nSPS) is 15.3. The van der Waals surface area contributed by atoms with Gasteiger partial charge >= 0.3 is 6.03 Å². The average Bonchev–Trinajstić information content (AvgIpc) is 3.40. The fraction of sp³-hybridized carbons (Fsp3) is 0.700. The summed E-state index contributed by atoms with van der Waals surface area (Å²) in [5, 5.41) is 10.5. The van der Waals surface area contributed by atoms with E-state index in [-0.39, 0.29) is 61.4 Å². The first-order chi connectivity index (χ1) is 24.8. The Morgan fingerprint density at radius 3 is 2.08 bits per heavy atom. The van der Waals surface area contributed by atoms with Crippen molar-refractivity contribution in [2.45, 2.75) is 145 Å². The van der Waals surface area contributed by atoms with Gasteiger partial charge in [-0.05, 0) is 74.0 Å². The van der Waals surface area contributed by atoms with Crippen LogP contribution in [0.3, 0.4) is 0 Å². The third-order valence-electron chi connectivity index (χ3n) is 9.44. The molecule has 0 aromatic heterocycles. The second-order valence-corrected chi connectivity index (χ2v) is 13.5. The molecule has 296 valence electrons. The molecule has 1 aliphatic heterocycles. The van der Waals surface area contributed by atoms with Gasteiger partial charge in [-0.1, -0.05) is 93.7 Å². The van der Waals surface area contributed by atoms with Gasteiger partial charge in [-0.3, -0.25) is 28.9 Å². The van der Waals surface area contributed by atoms with Gasteiger partial charge in [-0.2, -0.15) is 0 Å². The van der Waals surface area contributed by atoms with Crippen molar-refractivity contribution in [3.05, 3.63) is 29.8 Å².